The lowest BCUT2D eigenvalue weighted by atomic mass is 10.2. The van der Waals surface area contributed by atoms with Crippen molar-refractivity contribution in [2.45, 2.75) is 19.4 Å². The molecule has 0 spiro atoms. The third-order valence-corrected chi connectivity index (χ3v) is 4.03. The normalized spacial score (nSPS) is 17.9. The molecule has 124 valence electrons. The summed E-state index contributed by atoms with van der Waals surface area (Å²) in [5.41, 5.74) is 8.92. The molecule has 1 unspecified atom stereocenters. The number of amides is 1. The average Bonchev–Trinajstić information content (AvgIpc) is 2.98. The molecular weight excluding hydrogens is 290 g/mol. The zero-order chi connectivity index (χ0) is 16.8. The number of hydrogen-bond donors (Lipinski definition) is 3. The van der Waals surface area contributed by atoms with Crippen molar-refractivity contribution in [3.63, 3.8) is 0 Å². The molecule has 0 bridgehead atoms. The summed E-state index contributed by atoms with van der Waals surface area (Å²) in [6.07, 6.45) is 4.28. The van der Waals surface area contributed by atoms with Crippen molar-refractivity contribution in [3.05, 3.63) is 36.5 Å². The summed E-state index contributed by atoms with van der Waals surface area (Å²) >= 11 is 0. The van der Waals surface area contributed by atoms with Gasteiger partial charge in [0.15, 0.2) is 6.54 Å². The molecule has 1 amide bonds. The van der Waals surface area contributed by atoms with Gasteiger partial charge in [-0.05, 0) is 37.1 Å². The fourth-order valence-corrected chi connectivity index (χ4v) is 2.74. The third-order valence-electron chi connectivity index (χ3n) is 4.03. The topological polar surface area (TPSA) is 73.4 Å². The SMILES string of the molecule is C=C[N+](=CNC)CC(=O)NC1CCN(c2ccc(N)c(C)c2)C1. The summed E-state index contributed by atoms with van der Waals surface area (Å²) in [7, 11) is 1.79. The fraction of sp³-hybridized carbons (Fsp3) is 0.412. The van der Waals surface area contributed by atoms with E-state index in [1.54, 1.807) is 24.2 Å². The van der Waals surface area contributed by atoms with Crippen molar-refractivity contribution in [1.29, 1.82) is 0 Å². The molecule has 1 aliphatic heterocycles. The highest BCUT2D eigenvalue weighted by Gasteiger charge is 2.24. The number of nitrogen functional groups attached to an aromatic ring is 1. The number of rotatable bonds is 6. The zero-order valence-electron chi connectivity index (χ0n) is 13.9. The summed E-state index contributed by atoms with van der Waals surface area (Å²) < 4.78 is 1.71. The lowest BCUT2D eigenvalue weighted by Gasteiger charge is -2.20. The highest BCUT2D eigenvalue weighted by atomic mass is 16.2. The van der Waals surface area contributed by atoms with E-state index in [1.165, 1.54) is 0 Å². The number of carbonyl (C=O) groups excluding carboxylic acids is 1. The number of nitrogens with one attached hydrogen (secondary N) is 2. The van der Waals surface area contributed by atoms with Crippen LogP contribution in [0.2, 0.25) is 0 Å². The molecule has 1 aliphatic rings. The van der Waals surface area contributed by atoms with Gasteiger partial charge in [-0.25, -0.2) is 4.58 Å². The number of nitrogens with zero attached hydrogens (tertiary/aromatic N) is 2. The van der Waals surface area contributed by atoms with Gasteiger partial charge in [0, 0.05) is 30.5 Å². The van der Waals surface area contributed by atoms with Crippen LogP contribution in [0.25, 0.3) is 0 Å². The summed E-state index contributed by atoms with van der Waals surface area (Å²) in [5, 5.41) is 5.97. The Labute approximate surface area is 137 Å². The summed E-state index contributed by atoms with van der Waals surface area (Å²) in [4.78, 5) is 14.4. The van der Waals surface area contributed by atoms with Gasteiger partial charge in [-0.3, -0.25) is 10.1 Å². The second-order valence-electron chi connectivity index (χ2n) is 5.81. The highest BCUT2D eigenvalue weighted by Crippen LogP contribution is 2.24. The molecule has 0 saturated carbocycles. The second-order valence-corrected chi connectivity index (χ2v) is 5.81. The molecule has 4 N–H and O–H groups in total. The van der Waals surface area contributed by atoms with Gasteiger partial charge in [0.25, 0.3) is 5.91 Å². The first-order chi connectivity index (χ1) is 11.0. The van der Waals surface area contributed by atoms with Crippen LogP contribution < -0.4 is 21.3 Å². The largest absolute Gasteiger partial charge is 0.399 e. The van der Waals surface area contributed by atoms with Crippen LogP contribution in [0.4, 0.5) is 11.4 Å². The number of aryl methyl sites for hydroxylation is 1. The molecule has 1 aromatic rings. The molecule has 2 rings (SSSR count). The maximum absolute atomic E-state index is 12.1. The Morgan fingerprint density at radius 3 is 3.00 bits per heavy atom. The van der Waals surface area contributed by atoms with Gasteiger partial charge in [0.1, 0.15) is 0 Å². The van der Waals surface area contributed by atoms with Gasteiger partial charge in [-0.1, -0.05) is 6.58 Å². The molecule has 0 aliphatic carbocycles. The molecule has 0 radical (unpaired) electrons. The molecule has 1 heterocycles. The number of hydrogen-bond acceptors (Lipinski definition) is 3. The Kier molecular flexibility index (Phi) is 5.62. The second kappa shape index (κ2) is 7.67. The molecular formula is C17H26N5O+. The fourth-order valence-electron chi connectivity index (χ4n) is 2.74. The number of nitrogens with two attached hydrogens (primary N) is 1. The van der Waals surface area contributed by atoms with Gasteiger partial charge in [-0.15, -0.1) is 0 Å². The molecule has 1 fully saturated rings. The predicted molar refractivity (Wildman–Crippen MR) is 94.8 cm³/mol. The van der Waals surface area contributed by atoms with Crippen molar-refractivity contribution < 1.29 is 9.37 Å². The van der Waals surface area contributed by atoms with Crippen LogP contribution in [0.3, 0.4) is 0 Å². The minimum atomic E-state index is -0.00302. The van der Waals surface area contributed by atoms with Crippen molar-refractivity contribution in [1.82, 2.24) is 10.6 Å². The molecule has 6 heteroatoms. The Morgan fingerprint density at radius 2 is 2.35 bits per heavy atom. The van der Waals surface area contributed by atoms with Crippen molar-refractivity contribution in [3.8, 4) is 0 Å². The van der Waals surface area contributed by atoms with Crippen LogP contribution in [0, 0.1) is 6.92 Å². The maximum Gasteiger partial charge on any atom is 0.262 e. The van der Waals surface area contributed by atoms with Gasteiger partial charge < -0.3 is 16.0 Å². The van der Waals surface area contributed by atoms with Gasteiger partial charge >= 0.3 is 0 Å². The molecule has 1 aromatic carbocycles. The zero-order valence-corrected chi connectivity index (χ0v) is 13.9. The van der Waals surface area contributed by atoms with Crippen LogP contribution in [0.5, 0.6) is 0 Å². The van der Waals surface area contributed by atoms with Crippen molar-refractivity contribution in [2.24, 2.45) is 0 Å². The van der Waals surface area contributed by atoms with Crippen molar-refractivity contribution >= 4 is 23.6 Å². The standard InChI is InChI=1S/C17H25N5O/c1-4-21(12-19-3)11-17(23)20-14-7-8-22(10-14)15-5-6-16(18)13(2)9-15/h4-6,9,12,14H,1,7-8,10-11,18H2,2-3H3,(H,20,23)/p+1. The Hall–Kier alpha value is -2.50. The first-order valence-corrected chi connectivity index (χ1v) is 7.83. The summed E-state index contributed by atoms with van der Waals surface area (Å²) in [5.74, 6) is -0.00302. The van der Waals surface area contributed by atoms with E-state index in [9.17, 15) is 4.79 Å². The lowest BCUT2D eigenvalue weighted by Crippen LogP contribution is -2.41. The summed E-state index contributed by atoms with van der Waals surface area (Å²) in [6, 6.07) is 6.24. The van der Waals surface area contributed by atoms with E-state index in [4.69, 9.17) is 5.73 Å². The molecule has 6 nitrogen and oxygen atoms in total. The Balaban J connectivity index is 1.90. The highest BCUT2D eigenvalue weighted by molar-refractivity contribution is 5.78. The van der Waals surface area contributed by atoms with E-state index >= 15 is 0 Å². The first kappa shape index (κ1) is 16.9. The van der Waals surface area contributed by atoms with Gasteiger partial charge in [-0.2, -0.15) is 0 Å². The summed E-state index contributed by atoms with van der Waals surface area (Å²) in [6.45, 7) is 7.71. The third kappa shape index (κ3) is 4.48. The van der Waals surface area contributed by atoms with Gasteiger partial charge in [0.05, 0.1) is 13.2 Å². The number of benzene rings is 1. The monoisotopic (exact) mass is 316 g/mol. The predicted octanol–water partition coefficient (Wildman–Crippen LogP) is 0.676. The van der Waals surface area contributed by atoms with Crippen LogP contribution in [0.15, 0.2) is 31.0 Å². The van der Waals surface area contributed by atoms with E-state index in [0.29, 0.717) is 0 Å². The van der Waals surface area contributed by atoms with Crippen LogP contribution in [-0.2, 0) is 4.79 Å². The lowest BCUT2D eigenvalue weighted by molar-refractivity contribution is -0.441. The molecule has 1 saturated heterocycles. The first-order valence-electron chi connectivity index (χ1n) is 7.83. The minimum Gasteiger partial charge on any atom is -0.399 e. The van der Waals surface area contributed by atoms with E-state index in [2.05, 4.69) is 28.2 Å². The smallest absolute Gasteiger partial charge is 0.262 e. The molecule has 23 heavy (non-hydrogen) atoms. The average molecular weight is 316 g/mol. The van der Waals surface area contributed by atoms with Crippen LogP contribution in [-0.4, -0.2) is 49.5 Å². The maximum atomic E-state index is 12.1. The quantitative estimate of drug-likeness (QED) is 0.312. The van der Waals surface area contributed by atoms with Crippen LogP contribution >= 0.6 is 0 Å². The van der Waals surface area contributed by atoms with E-state index in [0.717, 1.165) is 36.4 Å². The minimum absolute atomic E-state index is 0.00302. The molecule has 0 aromatic heterocycles. The van der Waals surface area contributed by atoms with E-state index in [-0.39, 0.29) is 18.5 Å². The number of carbonyl (C=O) groups is 1. The Morgan fingerprint density at radius 1 is 1.57 bits per heavy atom. The number of anilines is 2. The Bertz CT molecular complexity index is 611. The molecule has 1 atom stereocenters. The van der Waals surface area contributed by atoms with Crippen LogP contribution in [0.1, 0.15) is 12.0 Å². The van der Waals surface area contributed by atoms with E-state index in [1.807, 2.05) is 19.1 Å². The van der Waals surface area contributed by atoms with E-state index < -0.39 is 0 Å². The van der Waals surface area contributed by atoms with Gasteiger partial charge in [0.2, 0.25) is 6.34 Å². The van der Waals surface area contributed by atoms with Crippen molar-refractivity contribution in [2.75, 3.05) is 37.3 Å².